The highest BCUT2D eigenvalue weighted by atomic mass is 16.5. The normalized spacial score (nSPS) is 10.4. The van der Waals surface area contributed by atoms with Crippen LogP contribution in [0.1, 0.15) is 16.7 Å². The smallest absolute Gasteiger partial charge is 0.188 e. The summed E-state index contributed by atoms with van der Waals surface area (Å²) in [6.07, 6.45) is 3.10. The van der Waals surface area contributed by atoms with Gasteiger partial charge in [-0.2, -0.15) is 4.73 Å². The SMILES string of the molecule is Cc1cc(-c2ccc[n+]([O-])c2)cc(C)c1C. The zero-order chi connectivity index (χ0) is 11.7. The Balaban J connectivity index is 2.57. The number of aryl methyl sites for hydroxylation is 2. The molecular formula is C14H15NO. The summed E-state index contributed by atoms with van der Waals surface area (Å²) in [4.78, 5) is 0. The number of pyridine rings is 1. The molecule has 82 valence electrons. The number of nitrogens with zero attached hydrogens (tertiary/aromatic N) is 1. The van der Waals surface area contributed by atoms with Crippen molar-refractivity contribution in [3.05, 3.63) is 58.6 Å². The third-order valence-electron chi connectivity index (χ3n) is 3.04. The van der Waals surface area contributed by atoms with Crippen molar-refractivity contribution in [2.45, 2.75) is 20.8 Å². The molecule has 0 saturated heterocycles. The first kappa shape index (κ1) is 10.7. The molecule has 1 aromatic carbocycles. The van der Waals surface area contributed by atoms with E-state index in [9.17, 15) is 5.21 Å². The first-order valence-electron chi connectivity index (χ1n) is 5.35. The molecule has 0 saturated carbocycles. The van der Waals surface area contributed by atoms with Crippen molar-refractivity contribution >= 4 is 0 Å². The molecule has 16 heavy (non-hydrogen) atoms. The summed E-state index contributed by atoms with van der Waals surface area (Å²) < 4.78 is 0.833. The molecular weight excluding hydrogens is 198 g/mol. The second-order valence-corrected chi connectivity index (χ2v) is 4.19. The number of hydrogen-bond donors (Lipinski definition) is 0. The highest BCUT2D eigenvalue weighted by molar-refractivity contribution is 5.64. The Morgan fingerprint density at radius 3 is 2.19 bits per heavy atom. The molecule has 0 atom stereocenters. The van der Waals surface area contributed by atoms with Crippen LogP contribution in [0.3, 0.4) is 0 Å². The third kappa shape index (κ3) is 1.91. The average molecular weight is 213 g/mol. The van der Waals surface area contributed by atoms with E-state index >= 15 is 0 Å². The van der Waals surface area contributed by atoms with Gasteiger partial charge in [-0.25, -0.2) is 0 Å². The van der Waals surface area contributed by atoms with Gasteiger partial charge in [0.25, 0.3) is 0 Å². The van der Waals surface area contributed by atoms with Crippen LogP contribution in [0.5, 0.6) is 0 Å². The maximum absolute atomic E-state index is 11.2. The van der Waals surface area contributed by atoms with Crippen molar-refractivity contribution in [3.8, 4) is 11.1 Å². The van der Waals surface area contributed by atoms with E-state index in [0.29, 0.717) is 0 Å². The monoisotopic (exact) mass is 213 g/mol. The second-order valence-electron chi connectivity index (χ2n) is 4.19. The standard InChI is InChI=1S/C14H15NO/c1-10-7-14(8-11(2)12(10)3)13-5-4-6-15(16)9-13/h4-9H,1-3H3. The lowest BCUT2D eigenvalue weighted by Gasteiger charge is -2.08. The maximum atomic E-state index is 11.2. The lowest BCUT2D eigenvalue weighted by atomic mass is 9.97. The fraction of sp³-hybridized carbons (Fsp3) is 0.214. The summed E-state index contributed by atoms with van der Waals surface area (Å²) in [5, 5.41) is 11.2. The van der Waals surface area contributed by atoms with Gasteiger partial charge in [0.05, 0.1) is 0 Å². The van der Waals surface area contributed by atoms with Crippen LogP contribution in [0.2, 0.25) is 0 Å². The van der Waals surface area contributed by atoms with Crippen molar-refractivity contribution in [2.75, 3.05) is 0 Å². The molecule has 0 bridgehead atoms. The molecule has 0 spiro atoms. The van der Waals surface area contributed by atoms with Crippen molar-refractivity contribution < 1.29 is 4.73 Å². The van der Waals surface area contributed by atoms with Crippen LogP contribution >= 0.6 is 0 Å². The topological polar surface area (TPSA) is 26.9 Å². The van der Waals surface area contributed by atoms with Crippen LogP contribution < -0.4 is 4.73 Å². The first-order valence-corrected chi connectivity index (χ1v) is 5.35. The lowest BCUT2D eigenvalue weighted by Crippen LogP contribution is -2.23. The van der Waals surface area contributed by atoms with Gasteiger partial charge in [0.15, 0.2) is 12.4 Å². The molecule has 2 rings (SSSR count). The highest BCUT2D eigenvalue weighted by Gasteiger charge is 2.05. The van der Waals surface area contributed by atoms with Crippen LogP contribution in [0.25, 0.3) is 11.1 Å². The minimum Gasteiger partial charge on any atom is -0.619 e. The van der Waals surface area contributed by atoms with Crippen LogP contribution in [0, 0.1) is 26.0 Å². The van der Waals surface area contributed by atoms with Gasteiger partial charge < -0.3 is 5.21 Å². The molecule has 0 aliphatic rings. The van der Waals surface area contributed by atoms with E-state index < -0.39 is 0 Å². The molecule has 0 N–H and O–H groups in total. The van der Waals surface area contributed by atoms with E-state index in [4.69, 9.17) is 0 Å². The van der Waals surface area contributed by atoms with Gasteiger partial charge in [0.1, 0.15) is 0 Å². The summed E-state index contributed by atoms with van der Waals surface area (Å²) in [6.45, 7) is 6.31. The molecule has 2 heteroatoms. The number of aromatic nitrogens is 1. The van der Waals surface area contributed by atoms with E-state index in [1.807, 2.05) is 6.07 Å². The predicted octanol–water partition coefficient (Wildman–Crippen LogP) is 2.91. The molecule has 0 radical (unpaired) electrons. The van der Waals surface area contributed by atoms with Gasteiger partial charge in [0.2, 0.25) is 0 Å². The summed E-state index contributed by atoms with van der Waals surface area (Å²) in [5.74, 6) is 0. The Morgan fingerprint density at radius 1 is 1.00 bits per heavy atom. The molecule has 0 amide bonds. The quantitative estimate of drug-likeness (QED) is 0.528. The zero-order valence-electron chi connectivity index (χ0n) is 9.82. The Bertz CT molecular complexity index is 509. The largest absolute Gasteiger partial charge is 0.619 e. The maximum Gasteiger partial charge on any atom is 0.188 e. The van der Waals surface area contributed by atoms with Gasteiger partial charge in [-0.3, -0.25) is 0 Å². The number of rotatable bonds is 1. The van der Waals surface area contributed by atoms with Gasteiger partial charge >= 0.3 is 0 Å². The molecule has 0 unspecified atom stereocenters. The number of benzene rings is 1. The highest BCUT2D eigenvalue weighted by Crippen LogP contribution is 2.23. The van der Waals surface area contributed by atoms with Gasteiger partial charge in [-0.15, -0.1) is 0 Å². The Labute approximate surface area is 95.8 Å². The summed E-state index contributed by atoms with van der Waals surface area (Å²) in [6, 6.07) is 7.97. The minimum absolute atomic E-state index is 0.833. The van der Waals surface area contributed by atoms with E-state index in [1.54, 1.807) is 12.3 Å². The van der Waals surface area contributed by atoms with Crippen molar-refractivity contribution in [1.82, 2.24) is 0 Å². The zero-order valence-corrected chi connectivity index (χ0v) is 9.82. The molecule has 0 aliphatic carbocycles. The number of hydrogen-bond acceptors (Lipinski definition) is 1. The Morgan fingerprint density at radius 2 is 1.62 bits per heavy atom. The minimum atomic E-state index is 0.833. The predicted molar refractivity (Wildman–Crippen MR) is 65.0 cm³/mol. The van der Waals surface area contributed by atoms with E-state index in [2.05, 4.69) is 32.9 Å². The van der Waals surface area contributed by atoms with Crippen LogP contribution in [0.4, 0.5) is 0 Å². The van der Waals surface area contributed by atoms with Crippen molar-refractivity contribution in [3.63, 3.8) is 0 Å². The molecule has 1 aromatic heterocycles. The van der Waals surface area contributed by atoms with Crippen LogP contribution in [0.15, 0.2) is 36.7 Å². The Kier molecular flexibility index (Phi) is 2.65. The molecule has 2 aromatic rings. The van der Waals surface area contributed by atoms with E-state index in [-0.39, 0.29) is 0 Å². The Hall–Kier alpha value is -1.83. The summed E-state index contributed by atoms with van der Waals surface area (Å²) >= 11 is 0. The molecule has 0 fully saturated rings. The molecule has 2 nitrogen and oxygen atoms in total. The van der Waals surface area contributed by atoms with Gasteiger partial charge in [-0.1, -0.05) is 12.1 Å². The summed E-state index contributed by atoms with van der Waals surface area (Å²) in [5.41, 5.74) is 5.90. The van der Waals surface area contributed by atoms with Gasteiger partial charge in [-0.05, 0) is 49.1 Å². The fourth-order valence-electron chi connectivity index (χ4n) is 1.83. The second kappa shape index (κ2) is 3.97. The fourth-order valence-corrected chi connectivity index (χ4v) is 1.83. The molecule has 1 heterocycles. The average Bonchev–Trinajstić information content (AvgIpc) is 2.25. The third-order valence-corrected chi connectivity index (χ3v) is 3.04. The van der Waals surface area contributed by atoms with Crippen molar-refractivity contribution in [2.24, 2.45) is 0 Å². The first-order chi connectivity index (χ1) is 7.58. The molecule has 0 aliphatic heterocycles. The van der Waals surface area contributed by atoms with E-state index in [1.165, 1.54) is 22.9 Å². The van der Waals surface area contributed by atoms with Gasteiger partial charge in [0, 0.05) is 11.6 Å². The van der Waals surface area contributed by atoms with Crippen LogP contribution in [-0.2, 0) is 0 Å². The lowest BCUT2D eigenvalue weighted by molar-refractivity contribution is -0.604. The van der Waals surface area contributed by atoms with Crippen molar-refractivity contribution in [1.29, 1.82) is 0 Å². The summed E-state index contributed by atoms with van der Waals surface area (Å²) in [7, 11) is 0. The van der Waals surface area contributed by atoms with Crippen LogP contribution in [-0.4, -0.2) is 0 Å². The van der Waals surface area contributed by atoms with E-state index in [0.717, 1.165) is 15.9 Å².